The number of nitrogens with one attached hydrogen (secondary N) is 1. The molecule has 11 heteroatoms. The highest BCUT2D eigenvalue weighted by molar-refractivity contribution is 7.20. The van der Waals surface area contributed by atoms with Crippen LogP contribution in [0.15, 0.2) is 42.9 Å². The summed E-state index contributed by atoms with van der Waals surface area (Å²) in [5, 5.41) is 23.6. The molecule has 9 nitrogen and oxygen atoms in total. The summed E-state index contributed by atoms with van der Waals surface area (Å²) in [5.41, 5.74) is 1.78. The van der Waals surface area contributed by atoms with Crippen molar-refractivity contribution in [1.29, 1.82) is 0 Å². The summed E-state index contributed by atoms with van der Waals surface area (Å²) in [6.45, 7) is 1.03. The fourth-order valence-electron chi connectivity index (χ4n) is 2.38. The van der Waals surface area contributed by atoms with Crippen LogP contribution in [0.1, 0.15) is 0 Å². The summed E-state index contributed by atoms with van der Waals surface area (Å²) < 4.78 is 3.23. The second-order valence-corrected chi connectivity index (χ2v) is 6.81. The van der Waals surface area contributed by atoms with Crippen molar-refractivity contribution in [3.63, 3.8) is 0 Å². The average molecular weight is 390 g/mol. The molecule has 0 atom stereocenters. The highest BCUT2D eigenvalue weighted by atomic mass is 35.5. The van der Waals surface area contributed by atoms with Crippen molar-refractivity contribution in [3.8, 4) is 11.3 Å². The van der Waals surface area contributed by atoms with E-state index in [1.807, 2.05) is 30.5 Å². The van der Waals surface area contributed by atoms with Gasteiger partial charge in [-0.25, -0.2) is 9.50 Å². The van der Waals surface area contributed by atoms with E-state index in [2.05, 4.69) is 20.5 Å². The number of benzene rings is 1. The van der Waals surface area contributed by atoms with E-state index >= 15 is 0 Å². The maximum atomic E-state index is 10.6. The third kappa shape index (κ3) is 3.37. The summed E-state index contributed by atoms with van der Waals surface area (Å²) in [4.78, 5) is 15.5. The lowest BCUT2D eigenvalue weighted by atomic mass is 10.2. The molecule has 4 rings (SSSR count). The van der Waals surface area contributed by atoms with Crippen LogP contribution < -0.4 is 5.32 Å². The number of halogens is 1. The van der Waals surface area contributed by atoms with Crippen LogP contribution in [0, 0.1) is 10.1 Å². The van der Waals surface area contributed by atoms with Gasteiger partial charge in [0.1, 0.15) is 12.4 Å². The van der Waals surface area contributed by atoms with Crippen LogP contribution in [-0.2, 0) is 6.54 Å². The van der Waals surface area contributed by atoms with Gasteiger partial charge in [-0.1, -0.05) is 35.1 Å². The topological polar surface area (TPSA) is 103 Å². The third-order valence-corrected chi connectivity index (χ3v) is 4.76. The second kappa shape index (κ2) is 6.73. The molecular formula is C15H12ClN7O2S. The highest BCUT2D eigenvalue weighted by Crippen LogP contribution is 2.25. The largest absolute Gasteiger partial charge is 0.358 e. The molecule has 0 aliphatic heterocycles. The zero-order valence-corrected chi connectivity index (χ0v) is 14.8. The van der Waals surface area contributed by atoms with Crippen molar-refractivity contribution in [1.82, 2.24) is 24.4 Å². The lowest BCUT2D eigenvalue weighted by Gasteiger charge is -2.01. The number of nitro groups is 1. The minimum atomic E-state index is -0.467. The molecule has 3 heterocycles. The monoisotopic (exact) mass is 389 g/mol. The van der Waals surface area contributed by atoms with Gasteiger partial charge in [-0.15, -0.1) is 5.10 Å². The van der Waals surface area contributed by atoms with E-state index in [1.165, 1.54) is 28.4 Å². The molecule has 3 aromatic heterocycles. The second-order valence-electron chi connectivity index (χ2n) is 5.41. The number of aromatic nitrogens is 5. The Morgan fingerprint density at radius 1 is 1.27 bits per heavy atom. The summed E-state index contributed by atoms with van der Waals surface area (Å²) >= 11 is 7.33. The molecule has 0 spiro atoms. The predicted octanol–water partition coefficient (Wildman–Crippen LogP) is 3.33. The van der Waals surface area contributed by atoms with E-state index in [0.717, 1.165) is 21.3 Å². The number of rotatable bonds is 6. The van der Waals surface area contributed by atoms with Gasteiger partial charge in [0.2, 0.25) is 10.1 Å². The highest BCUT2D eigenvalue weighted by Gasteiger charge is 2.11. The fraction of sp³-hybridized carbons (Fsp3) is 0.133. The maximum absolute atomic E-state index is 10.6. The molecule has 0 fully saturated rings. The minimum absolute atomic E-state index is 0.0209. The Bertz CT molecular complexity index is 1040. The first-order valence-corrected chi connectivity index (χ1v) is 8.81. The fourth-order valence-corrected chi connectivity index (χ4v) is 3.31. The minimum Gasteiger partial charge on any atom is -0.358 e. The van der Waals surface area contributed by atoms with Crippen molar-refractivity contribution in [2.24, 2.45) is 0 Å². The normalized spacial score (nSPS) is 11.1. The molecule has 0 aliphatic carbocycles. The molecular weight excluding hydrogens is 378 g/mol. The van der Waals surface area contributed by atoms with Gasteiger partial charge in [0, 0.05) is 17.1 Å². The molecule has 26 heavy (non-hydrogen) atoms. The Balaban J connectivity index is 1.40. The molecule has 0 radical (unpaired) electrons. The van der Waals surface area contributed by atoms with Crippen LogP contribution in [0.4, 0.5) is 10.8 Å². The van der Waals surface area contributed by atoms with Gasteiger partial charge in [-0.3, -0.25) is 14.8 Å². The summed E-state index contributed by atoms with van der Waals surface area (Å²) in [6.07, 6.45) is 4.49. The van der Waals surface area contributed by atoms with Crippen molar-refractivity contribution in [2.75, 3.05) is 11.9 Å². The van der Waals surface area contributed by atoms with Gasteiger partial charge < -0.3 is 5.32 Å². The van der Waals surface area contributed by atoms with Crippen LogP contribution >= 0.6 is 22.9 Å². The van der Waals surface area contributed by atoms with Gasteiger partial charge in [-0.2, -0.15) is 5.10 Å². The molecule has 0 aliphatic rings. The van der Waals surface area contributed by atoms with E-state index < -0.39 is 4.92 Å². The molecule has 0 amide bonds. The van der Waals surface area contributed by atoms with Crippen molar-refractivity contribution < 1.29 is 4.92 Å². The lowest BCUT2D eigenvalue weighted by Crippen LogP contribution is -2.10. The maximum Gasteiger partial charge on any atom is 0.306 e. The lowest BCUT2D eigenvalue weighted by molar-refractivity contribution is -0.385. The van der Waals surface area contributed by atoms with Crippen LogP contribution in [0.3, 0.4) is 0 Å². The first-order valence-electron chi connectivity index (χ1n) is 7.61. The molecule has 1 N–H and O–H groups in total. The standard InChI is InChI=1S/C15H12ClN7O2S/c16-11-3-1-10(2-4-11)13-9-22-15(19-13)26-14(20-22)17-5-6-21-8-12(7-18-21)23(24)25/h1-4,7-9H,5-6H2,(H,17,20). The van der Waals surface area contributed by atoms with Crippen molar-refractivity contribution >= 4 is 38.7 Å². The molecule has 0 bridgehead atoms. The van der Waals surface area contributed by atoms with Gasteiger partial charge >= 0.3 is 5.69 Å². The number of imidazole rings is 1. The van der Waals surface area contributed by atoms with Crippen LogP contribution in [0.25, 0.3) is 16.2 Å². The van der Waals surface area contributed by atoms with E-state index in [1.54, 1.807) is 4.52 Å². The van der Waals surface area contributed by atoms with E-state index in [9.17, 15) is 10.1 Å². The van der Waals surface area contributed by atoms with E-state index in [-0.39, 0.29) is 5.69 Å². The molecule has 1 aromatic carbocycles. The first-order chi connectivity index (χ1) is 12.6. The number of hydrogen-bond donors (Lipinski definition) is 1. The smallest absolute Gasteiger partial charge is 0.306 e. The Morgan fingerprint density at radius 2 is 2.08 bits per heavy atom. The Kier molecular flexibility index (Phi) is 4.27. The van der Waals surface area contributed by atoms with Gasteiger partial charge in [0.05, 0.1) is 23.4 Å². The Hall–Kier alpha value is -2.98. The van der Waals surface area contributed by atoms with Crippen molar-refractivity contribution in [2.45, 2.75) is 6.54 Å². The number of fused-ring (bicyclic) bond motifs is 1. The van der Waals surface area contributed by atoms with E-state index in [0.29, 0.717) is 18.1 Å². The molecule has 132 valence electrons. The number of anilines is 1. The zero-order valence-electron chi connectivity index (χ0n) is 13.2. The molecule has 0 saturated carbocycles. The predicted molar refractivity (Wildman–Crippen MR) is 98.7 cm³/mol. The number of nitrogens with zero attached hydrogens (tertiary/aromatic N) is 6. The molecule has 0 unspecified atom stereocenters. The van der Waals surface area contributed by atoms with Crippen molar-refractivity contribution in [3.05, 3.63) is 58.0 Å². The summed E-state index contributed by atoms with van der Waals surface area (Å²) in [7, 11) is 0. The number of hydrogen-bond acceptors (Lipinski definition) is 7. The third-order valence-electron chi connectivity index (χ3n) is 3.63. The Morgan fingerprint density at radius 3 is 2.77 bits per heavy atom. The quantitative estimate of drug-likeness (QED) is 0.400. The average Bonchev–Trinajstić information content (AvgIpc) is 3.30. The molecule has 4 aromatic rings. The summed E-state index contributed by atoms with van der Waals surface area (Å²) in [6, 6.07) is 7.48. The van der Waals surface area contributed by atoms with Gasteiger partial charge in [0.15, 0.2) is 0 Å². The summed E-state index contributed by atoms with van der Waals surface area (Å²) in [5.74, 6) is 0. The van der Waals surface area contributed by atoms with Crippen LogP contribution in [0.5, 0.6) is 0 Å². The van der Waals surface area contributed by atoms with Crippen LogP contribution in [-0.4, -0.2) is 35.8 Å². The van der Waals surface area contributed by atoms with Gasteiger partial charge in [0.25, 0.3) is 0 Å². The van der Waals surface area contributed by atoms with E-state index in [4.69, 9.17) is 11.6 Å². The SMILES string of the molecule is O=[N+]([O-])c1cnn(CCNc2nn3cc(-c4ccc(Cl)cc4)nc3s2)c1. The zero-order chi connectivity index (χ0) is 18.1. The van der Waals surface area contributed by atoms with Gasteiger partial charge in [-0.05, 0) is 12.1 Å². The molecule has 0 saturated heterocycles. The van der Waals surface area contributed by atoms with Crippen LogP contribution in [0.2, 0.25) is 5.02 Å². The Labute approximate surface area is 156 Å². The first kappa shape index (κ1) is 16.5.